The van der Waals surface area contributed by atoms with E-state index in [2.05, 4.69) is 26.1 Å². The minimum atomic E-state index is 0.557. The first kappa shape index (κ1) is 15.8. The smallest absolute Gasteiger partial charge is 0.0103 e. The van der Waals surface area contributed by atoms with Gasteiger partial charge in [-0.05, 0) is 80.6 Å². The second kappa shape index (κ2) is 6.60. The third-order valence-electron chi connectivity index (χ3n) is 7.17. The molecule has 3 fully saturated rings. The number of rotatable bonds is 6. The van der Waals surface area contributed by atoms with Crippen LogP contribution >= 0.6 is 0 Å². The van der Waals surface area contributed by atoms with Gasteiger partial charge in [-0.25, -0.2) is 0 Å². The Morgan fingerprint density at radius 2 is 1.95 bits per heavy atom. The molecule has 2 bridgehead atoms. The van der Waals surface area contributed by atoms with Gasteiger partial charge in [0.05, 0.1) is 0 Å². The molecular weight excluding hydrogens is 254 g/mol. The van der Waals surface area contributed by atoms with E-state index < -0.39 is 0 Å². The fourth-order valence-corrected chi connectivity index (χ4v) is 5.98. The summed E-state index contributed by atoms with van der Waals surface area (Å²) in [5, 5.41) is 3.98. The lowest BCUT2D eigenvalue weighted by molar-refractivity contribution is 0.0819. The largest absolute Gasteiger partial charge is 0.314 e. The van der Waals surface area contributed by atoms with E-state index in [9.17, 15) is 0 Å². The van der Waals surface area contributed by atoms with Gasteiger partial charge in [0, 0.05) is 6.04 Å². The topological polar surface area (TPSA) is 12.0 Å². The van der Waals surface area contributed by atoms with Crippen LogP contribution in [-0.4, -0.2) is 12.6 Å². The van der Waals surface area contributed by atoms with Gasteiger partial charge in [0.2, 0.25) is 0 Å². The van der Waals surface area contributed by atoms with Crippen molar-refractivity contribution >= 4 is 0 Å². The van der Waals surface area contributed by atoms with E-state index in [0.29, 0.717) is 5.41 Å². The number of nitrogens with one attached hydrogen (secondary N) is 1. The molecule has 0 aliphatic heterocycles. The number of hydrogen-bond acceptors (Lipinski definition) is 1. The van der Waals surface area contributed by atoms with Crippen molar-refractivity contribution in [2.24, 2.45) is 29.1 Å². The van der Waals surface area contributed by atoms with E-state index in [1.54, 1.807) is 25.7 Å². The first-order valence-electron chi connectivity index (χ1n) is 9.83. The monoisotopic (exact) mass is 291 g/mol. The summed E-state index contributed by atoms with van der Waals surface area (Å²) in [6.45, 7) is 8.61. The van der Waals surface area contributed by atoms with Gasteiger partial charge in [-0.3, -0.25) is 0 Å². The Bertz CT molecular complexity index is 335. The van der Waals surface area contributed by atoms with Gasteiger partial charge in [-0.2, -0.15) is 0 Å². The Hall–Kier alpha value is -0.0400. The SMILES string of the molecule is CCCNC(CC1CC2CCC1C2)C1CCCCC1(C)C. The average molecular weight is 292 g/mol. The van der Waals surface area contributed by atoms with Crippen molar-refractivity contribution in [2.45, 2.75) is 91.0 Å². The molecule has 0 aromatic rings. The fraction of sp³-hybridized carbons (Fsp3) is 1.00. The van der Waals surface area contributed by atoms with E-state index in [0.717, 1.165) is 29.7 Å². The molecule has 5 unspecified atom stereocenters. The third-order valence-corrected chi connectivity index (χ3v) is 7.17. The minimum absolute atomic E-state index is 0.557. The summed E-state index contributed by atoms with van der Waals surface area (Å²) in [6.07, 6.45) is 14.8. The number of fused-ring (bicyclic) bond motifs is 2. The zero-order chi connectivity index (χ0) is 14.9. The maximum atomic E-state index is 3.98. The molecule has 0 spiro atoms. The van der Waals surface area contributed by atoms with E-state index in [1.807, 2.05) is 0 Å². The molecule has 3 saturated carbocycles. The van der Waals surface area contributed by atoms with Gasteiger partial charge in [0.1, 0.15) is 0 Å². The van der Waals surface area contributed by atoms with Crippen LogP contribution in [-0.2, 0) is 0 Å². The maximum Gasteiger partial charge on any atom is 0.0103 e. The molecule has 122 valence electrons. The van der Waals surface area contributed by atoms with Crippen molar-refractivity contribution in [3.8, 4) is 0 Å². The van der Waals surface area contributed by atoms with Crippen molar-refractivity contribution in [2.75, 3.05) is 6.54 Å². The van der Waals surface area contributed by atoms with Gasteiger partial charge in [0.15, 0.2) is 0 Å². The van der Waals surface area contributed by atoms with Gasteiger partial charge in [-0.15, -0.1) is 0 Å². The molecule has 0 heterocycles. The molecule has 0 aromatic carbocycles. The van der Waals surface area contributed by atoms with Gasteiger partial charge < -0.3 is 5.32 Å². The van der Waals surface area contributed by atoms with E-state index in [4.69, 9.17) is 0 Å². The molecular formula is C20H37N. The fourth-order valence-electron chi connectivity index (χ4n) is 5.98. The molecule has 1 nitrogen and oxygen atoms in total. The summed E-state index contributed by atoms with van der Waals surface area (Å²) >= 11 is 0. The predicted octanol–water partition coefficient (Wildman–Crippen LogP) is 5.40. The van der Waals surface area contributed by atoms with E-state index in [-0.39, 0.29) is 0 Å². The summed E-state index contributed by atoms with van der Waals surface area (Å²) in [5.41, 5.74) is 0.557. The molecule has 0 saturated heterocycles. The molecule has 3 rings (SSSR count). The highest BCUT2D eigenvalue weighted by Gasteiger charge is 2.43. The summed E-state index contributed by atoms with van der Waals surface area (Å²) < 4.78 is 0. The molecule has 0 radical (unpaired) electrons. The molecule has 5 atom stereocenters. The molecule has 3 aliphatic carbocycles. The standard InChI is InChI=1S/C20H37N/c1-4-11-21-19(18-7-5-6-10-20(18,2)3)14-17-13-15-8-9-16(17)12-15/h15-19,21H,4-14H2,1-3H3. The zero-order valence-corrected chi connectivity index (χ0v) is 14.7. The van der Waals surface area contributed by atoms with Crippen molar-refractivity contribution < 1.29 is 0 Å². The summed E-state index contributed by atoms with van der Waals surface area (Å²) in [4.78, 5) is 0. The van der Waals surface area contributed by atoms with Gasteiger partial charge in [-0.1, -0.05) is 40.0 Å². The predicted molar refractivity (Wildman–Crippen MR) is 91.4 cm³/mol. The Kier molecular flexibility index (Phi) is 4.98. The van der Waals surface area contributed by atoms with Crippen LogP contribution in [0.1, 0.15) is 85.0 Å². The lowest BCUT2D eigenvalue weighted by atomic mass is 9.64. The highest BCUT2D eigenvalue weighted by molar-refractivity contribution is 4.96. The van der Waals surface area contributed by atoms with E-state index >= 15 is 0 Å². The Morgan fingerprint density at radius 3 is 2.57 bits per heavy atom. The zero-order valence-electron chi connectivity index (χ0n) is 14.7. The minimum Gasteiger partial charge on any atom is -0.314 e. The molecule has 0 amide bonds. The first-order chi connectivity index (χ1) is 10.1. The lowest BCUT2D eigenvalue weighted by Crippen LogP contribution is -2.46. The Balaban J connectivity index is 1.65. The lowest BCUT2D eigenvalue weighted by Gasteiger charge is -2.45. The normalized spacial score (nSPS) is 39.6. The van der Waals surface area contributed by atoms with Gasteiger partial charge >= 0.3 is 0 Å². The third kappa shape index (κ3) is 3.49. The van der Waals surface area contributed by atoms with Crippen LogP contribution in [0.3, 0.4) is 0 Å². The molecule has 1 heteroatoms. The van der Waals surface area contributed by atoms with Crippen LogP contribution in [0.5, 0.6) is 0 Å². The summed E-state index contributed by atoms with van der Waals surface area (Å²) in [5.74, 6) is 4.16. The van der Waals surface area contributed by atoms with Crippen molar-refractivity contribution in [3.05, 3.63) is 0 Å². The van der Waals surface area contributed by atoms with Crippen molar-refractivity contribution in [3.63, 3.8) is 0 Å². The van der Waals surface area contributed by atoms with Gasteiger partial charge in [0.25, 0.3) is 0 Å². The van der Waals surface area contributed by atoms with E-state index in [1.165, 1.54) is 45.1 Å². The molecule has 1 N–H and O–H groups in total. The Labute approximate surface area is 132 Å². The molecule has 0 aromatic heterocycles. The quantitative estimate of drug-likeness (QED) is 0.691. The van der Waals surface area contributed by atoms with Crippen LogP contribution in [0.25, 0.3) is 0 Å². The highest BCUT2D eigenvalue weighted by Crippen LogP contribution is 2.51. The average Bonchev–Trinajstić information content (AvgIpc) is 3.05. The highest BCUT2D eigenvalue weighted by atomic mass is 14.9. The van der Waals surface area contributed by atoms with Crippen LogP contribution in [0.4, 0.5) is 0 Å². The van der Waals surface area contributed by atoms with Crippen LogP contribution in [0.2, 0.25) is 0 Å². The number of hydrogen-bond donors (Lipinski definition) is 1. The second-order valence-corrected chi connectivity index (χ2v) is 9.07. The second-order valence-electron chi connectivity index (χ2n) is 9.07. The summed E-state index contributed by atoms with van der Waals surface area (Å²) in [7, 11) is 0. The summed E-state index contributed by atoms with van der Waals surface area (Å²) in [6, 6.07) is 0.796. The van der Waals surface area contributed by atoms with Crippen molar-refractivity contribution in [1.82, 2.24) is 5.32 Å². The maximum absolute atomic E-state index is 3.98. The first-order valence-corrected chi connectivity index (χ1v) is 9.83. The van der Waals surface area contributed by atoms with Crippen molar-refractivity contribution in [1.29, 1.82) is 0 Å². The Morgan fingerprint density at radius 1 is 1.10 bits per heavy atom. The van der Waals surface area contributed by atoms with Crippen LogP contribution < -0.4 is 5.32 Å². The van der Waals surface area contributed by atoms with Crippen LogP contribution in [0.15, 0.2) is 0 Å². The molecule has 21 heavy (non-hydrogen) atoms. The molecule has 3 aliphatic rings. The van der Waals surface area contributed by atoms with Crippen LogP contribution in [0, 0.1) is 29.1 Å².